The summed E-state index contributed by atoms with van der Waals surface area (Å²) in [6.07, 6.45) is 0.281. The summed E-state index contributed by atoms with van der Waals surface area (Å²) in [5.74, 6) is -0.178. The number of hydrogen-bond acceptors (Lipinski definition) is 4. The molecule has 0 atom stereocenters. The number of carbonyl (C=O) groups excluding carboxylic acids is 1. The summed E-state index contributed by atoms with van der Waals surface area (Å²) in [6.45, 7) is 1.67. The third kappa shape index (κ3) is 2.17. The normalized spacial score (nSPS) is 9.33. The molecule has 0 aliphatic heterocycles. The van der Waals surface area contributed by atoms with Gasteiger partial charge in [0, 0.05) is 18.1 Å². The van der Waals surface area contributed by atoms with Crippen LogP contribution in [0.5, 0.6) is 0 Å². The lowest BCUT2D eigenvalue weighted by Gasteiger charge is -1.99. The van der Waals surface area contributed by atoms with E-state index in [0.717, 1.165) is 6.07 Å². The maximum absolute atomic E-state index is 11.3. The summed E-state index contributed by atoms with van der Waals surface area (Å²) in [6, 6.07) is 5.57. The monoisotopic (exact) mass is 204 g/mol. The maximum Gasteiger partial charge on any atom is 0.287 e. The van der Waals surface area contributed by atoms with Crippen molar-refractivity contribution in [3.05, 3.63) is 39.4 Å². The highest BCUT2D eigenvalue weighted by Gasteiger charge is 2.16. The van der Waals surface area contributed by atoms with Gasteiger partial charge < -0.3 is 0 Å². The fraction of sp³-hybridized carbons (Fsp3) is 0.200. The fourth-order valence-corrected chi connectivity index (χ4v) is 1.15. The standard InChI is InChI=1S/C10H8N2O3/c1-2-10(13)7-3-4-8(6-11)9(5-7)12(14)15/h3-5H,2H2,1H3. The van der Waals surface area contributed by atoms with E-state index < -0.39 is 4.92 Å². The van der Waals surface area contributed by atoms with Gasteiger partial charge in [-0.2, -0.15) is 5.26 Å². The van der Waals surface area contributed by atoms with E-state index in [0.29, 0.717) is 0 Å². The first-order valence-corrected chi connectivity index (χ1v) is 4.32. The number of nitriles is 1. The van der Waals surface area contributed by atoms with Crippen molar-refractivity contribution in [3.63, 3.8) is 0 Å². The molecule has 1 aromatic carbocycles. The molecule has 0 fully saturated rings. The largest absolute Gasteiger partial charge is 0.294 e. The molecule has 0 amide bonds. The quantitative estimate of drug-likeness (QED) is 0.428. The van der Waals surface area contributed by atoms with Gasteiger partial charge in [-0.25, -0.2) is 0 Å². The summed E-state index contributed by atoms with van der Waals surface area (Å²) in [7, 11) is 0. The highest BCUT2D eigenvalue weighted by molar-refractivity contribution is 5.96. The summed E-state index contributed by atoms with van der Waals surface area (Å²) in [5, 5.41) is 19.2. The minimum Gasteiger partial charge on any atom is -0.294 e. The molecule has 0 aliphatic rings. The predicted molar refractivity (Wildman–Crippen MR) is 52.4 cm³/mol. The minimum absolute atomic E-state index is 0.0346. The molecule has 1 aromatic rings. The number of ketones is 1. The molecule has 0 spiro atoms. The van der Waals surface area contributed by atoms with Crippen molar-refractivity contribution in [2.45, 2.75) is 13.3 Å². The van der Waals surface area contributed by atoms with E-state index in [4.69, 9.17) is 5.26 Å². The second-order valence-corrected chi connectivity index (χ2v) is 2.88. The van der Waals surface area contributed by atoms with Gasteiger partial charge in [0.25, 0.3) is 5.69 Å². The molecular formula is C10H8N2O3. The molecule has 0 N–H and O–H groups in total. The number of carbonyl (C=O) groups is 1. The Morgan fingerprint density at radius 3 is 2.73 bits per heavy atom. The van der Waals surface area contributed by atoms with Crippen LogP contribution in [0.15, 0.2) is 18.2 Å². The lowest BCUT2D eigenvalue weighted by atomic mass is 10.1. The summed E-state index contributed by atoms with van der Waals surface area (Å²) >= 11 is 0. The van der Waals surface area contributed by atoms with Gasteiger partial charge in [0.2, 0.25) is 0 Å². The zero-order valence-electron chi connectivity index (χ0n) is 8.06. The molecule has 0 saturated heterocycles. The molecule has 0 unspecified atom stereocenters. The number of hydrogen-bond donors (Lipinski definition) is 0. The highest BCUT2D eigenvalue weighted by atomic mass is 16.6. The van der Waals surface area contributed by atoms with Gasteiger partial charge in [-0.15, -0.1) is 0 Å². The van der Waals surface area contributed by atoms with Crippen LogP contribution in [0, 0.1) is 21.4 Å². The van der Waals surface area contributed by atoms with Crippen LogP contribution in [-0.2, 0) is 0 Å². The van der Waals surface area contributed by atoms with E-state index in [1.807, 2.05) is 0 Å². The number of rotatable bonds is 3. The molecule has 0 aliphatic carbocycles. The molecule has 0 saturated carbocycles. The predicted octanol–water partition coefficient (Wildman–Crippen LogP) is 2.06. The van der Waals surface area contributed by atoms with Gasteiger partial charge in [0.1, 0.15) is 11.6 Å². The van der Waals surface area contributed by atoms with Crippen molar-refractivity contribution in [3.8, 4) is 6.07 Å². The smallest absolute Gasteiger partial charge is 0.287 e. The highest BCUT2D eigenvalue weighted by Crippen LogP contribution is 2.20. The van der Waals surface area contributed by atoms with E-state index in [1.54, 1.807) is 13.0 Å². The van der Waals surface area contributed by atoms with Crippen molar-refractivity contribution in [2.75, 3.05) is 0 Å². The molecule has 76 valence electrons. The third-order valence-electron chi connectivity index (χ3n) is 1.96. The molecule has 5 nitrogen and oxygen atoms in total. The lowest BCUT2D eigenvalue weighted by Crippen LogP contribution is -1.99. The third-order valence-corrected chi connectivity index (χ3v) is 1.96. The molecule has 15 heavy (non-hydrogen) atoms. The van der Waals surface area contributed by atoms with Crippen LogP contribution >= 0.6 is 0 Å². The van der Waals surface area contributed by atoms with Crippen LogP contribution in [0.25, 0.3) is 0 Å². The van der Waals surface area contributed by atoms with Crippen LogP contribution in [0.2, 0.25) is 0 Å². The summed E-state index contributed by atoms with van der Waals surface area (Å²) in [5.41, 5.74) is -0.0901. The van der Waals surface area contributed by atoms with Crippen molar-refractivity contribution in [1.29, 1.82) is 5.26 Å². The molecule has 1 rings (SSSR count). The van der Waals surface area contributed by atoms with E-state index in [1.165, 1.54) is 12.1 Å². The number of nitrogens with zero attached hydrogens (tertiary/aromatic N) is 2. The Hall–Kier alpha value is -2.22. The Morgan fingerprint density at radius 2 is 2.27 bits per heavy atom. The topological polar surface area (TPSA) is 84.0 Å². The van der Waals surface area contributed by atoms with Crippen molar-refractivity contribution >= 4 is 11.5 Å². The van der Waals surface area contributed by atoms with Crippen LogP contribution in [0.1, 0.15) is 29.3 Å². The van der Waals surface area contributed by atoms with Gasteiger partial charge in [0.15, 0.2) is 5.78 Å². The number of nitro benzene ring substituents is 1. The average Bonchev–Trinajstić information content (AvgIpc) is 2.27. The minimum atomic E-state index is -0.662. The van der Waals surface area contributed by atoms with E-state index in [-0.39, 0.29) is 29.0 Å². The molecule has 0 bridgehead atoms. The first-order chi connectivity index (χ1) is 7.10. The zero-order valence-corrected chi connectivity index (χ0v) is 8.06. The molecule has 0 radical (unpaired) electrons. The van der Waals surface area contributed by atoms with Crippen LogP contribution in [0.3, 0.4) is 0 Å². The number of nitro groups is 1. The molecular weight excluding hydrogens is 196 g/mol. The molecule has 5 heteroatoms. The summed E-state index contributed by atoms with van der Waals surface area (Å²) < 4.78 is 0. The number of benzene rings is 1. The second-order valence-electron chi connectivity index (χ2n) is 2.88. The Morgan fingerprint density at radius 1 is 1.60 bits per heavy atom. The zero-order chi connectivity index (χ0) is 11.4. The Balaban J connectivity index is 3.29. The number of Topliss-reactive ketones (excluding diaryl/α,β-unsaturated/α-hetero) is 1. The van der Waals surface area contributed by atoms with E-state index >= 15 is 0 Å². The van der Waals surface area contributed by atoms with Gasteiger partial charge in [-0.1, -0.05) is 6.92 Å². The SMILES string of the molecule is CCC(=O)c1ccc(C#N)c([N+](=O)[O-])c1. The first-order valence-electron chi connectivity index (χ1n) is 4.32. The van der Waals surface area contributed by atoms with Crippen molar-refractivity contribution in [2.24, 2.45) is 0 Å². The van der Waals surface area contributed by atoms with Crippen LogP contribution < -0.4 is 0 Å². The van der Waals surface area contributed by atoms with Crippen molar-refractivity contribution in [1.82, 2.24) is 0 Å². The maximum atomic E-state index is 11.3. The van der Waals surface area contributed by atoms with Gasteiger partial charge in [0.05, 0.1) is 4.92 Å². The lowest BCUT2D eigenvalue weighted by molar-refractivity contribution is -0.385. The van der Waals surface area contributed by atoms with Crippen LogP contribution in [-0.4, -0.2) is 10.7 Å². The molecule has 0 heterocycles. The Labute approximate surface area is 86.1 Å². The van der Waals surface area contributed by atoms with Gasteiger partial charge in [-0.3, -0.25) is 14.9 Å². The van der Waals surface area contributed by atoms with Gasteiger partial charge in [-0.05, 0) is 12.1 Å². The Bertz CT molecular complexity index is 460. The fourth-order valence-electron chi connectivity index (χ4n) is 1.15. The summed E-state index contributed by atoms with van der Waals surface area (Å²) in [4.78, 5) is 21.2. The van der Waals surface area contributed by atoms with E-state index in [9.17, 15) is 14.9 Å². The van der Waals surface area contributed by atoms with E-state index in [2.05, 4.69) is 0 Å². The average molecular weight is 204 g/mol. The van der Waals surface area contributed by atoms with Crippen LogP contribution in [0.4, 0.5) is 5.69 Å². The Kier molecular flexibility index (Phi) is 3.13. The van der Waals surface area contributed by atoms with Gasteiger partial charge >= 0.3 is 0 Å². The molecule has 0 aromatic heterocycles. The first kappa shape index (κ1) is 10.9. The second kappa shape index (κ2) is 4.33. The van der Waals surface area contributed by atoms with Crippen molar-refractivity contribution < 1.29 is 9.72 Å².